The highest BCUT2D eigenvalue weighted by atomic mass is 16.5. The second kappa shape index (κ2) is 4.19. The molecule has 0 aliphatic rings. The Balaban J connectivity index is 2.31. The van der Waals surface area contributed by atoms with Crippen molar-refractivity contribution in [2.45, 2.75) is 19.8 Å². The van der Waals surface area contributed by atoms with Crippen LogP contribution in [0.1, 0.15) is 31.0 Å². The normalized spacial score (nSPS) is 10.4. The highest BCUT2D eigenvalue weighted by Gasteiger charge is 2.06. The summed E-state index contributed by atoms with van der Waals surface area (Å²) in [5.74, 6) is 1.14. The number of nitriles is 1. The molecule has 0 atom stereocenters. The molecule has 1 aromatic carbocycles. The molecule has 1 heterocycles. The third-order valence-corrected chi connectivity index (χ3v) is 2.49. The van der Waals surface area contributed by atoms with Gasteiger partial charge in [-0.3, -0.25) is 0 Å². The van der Waals surface area contributed by atoms with Gasteiger partial charge in [-0.1, -0.05) is 43.3 Å². The number of hydrogen-bond donors (Lipinski definition) is 0. The van der Waals surface area contributed by atoms with Gasteiger partial charge in [0.1, 0.15) is 6.07 Å². The van der Waals surface area contributed by atoms with Gasteiger partial charge >= 0.3 is 0 Å². The van der Waals surface area contributed by atoms with Gasteiger partial charge in [0, 0.05) is 11.6 Å². The lowest BCUT2D eigenvalue weighted by Crippen LogP contribution is -1.85. The zero-order chi connectivity index (χ0) is 11.5. The molecule has 80 valence electrons. The number of nitrogens with zero attached hydrogens (tertiary/aromatic N) is 2. The van der Waals surface area contributed by atoms with Gasteiger partial charge in [0.05, 0.1) is 0 Å². The molecule has 2 rings (SSSR count). The molecule has 3 nitrogen and oxygen atoms in total. The summed E-state index contributed by atoms with van der Waals surface area (Å²) in [5, 5.41) is 12.3. The van der Waals surface area contributed by atoms with Crippen molar-refractivity contribution in [3.05, 3.63) is 41.6 Å². The Kier molecular flexibility index (Phi) is 2.74. The predicted octanol–water partition coefficient (Wildman–Crippen LogP) is 3.34. The fraction of sp³-hybridized carbons (Fsp3) is 0.231. The molecule has 0 fully saturated rings. The second-order valence-electron chi connectivity index (χ2n) is 3.96. The van der Waals surface area contributed by atoms with Crippen molar-refractivity contribution in [2.75, 3.05) is 0 Å². The van der Waals surface area contributed by atoms with Crippen LogP contribution in [0.15, 0.2) is 34.9 Å². The zero-order valence-corrected chi connectivity index (χ0v) is 9.27. The van der Waals surface area contributed by atoms with Crippen molar-refractivity contribution < 1.29 is 4.52 Å². The van der Waals surface area contributed by atoms with Crippen molar-refractivity contribution >= 4 is 0 Å². The topological polar surface area (TPSA) is 49.8 Å². The van der Waals surface area contributed by atoms with Crippen molar-refractivity contribution in [1.29, 1.82) is 5.26 Å². The maximum atomic E-state index is 8.64. The third-order valence-electron chi connectivity index (χ3n) is 2.49. The van der Waals surface area contributed by atoms with Crippen LogP contribution in [0, 0.1) is 11.3 Å². The smallest absolute Gasteiger partial charge is 0.184 e. The van der Waals surface area contributed by atoms with E-state index >= 15 is 0 Å². The Bertz CT molecular complexity index is 518. The van der Waals surface area contributed by atoms with Crippen molar-refractivity contribution in [1.82, 2.24) is 5.16 Å². The summed E-state index contributed by atoms with van der Waals surface area (Å²) in [4.78, 5) is 0. The monoisotopic (exact) mass is 212 g/mol. The van der Waals surface area contributed by atoms with E-state index in [1.807, 2.05) is 18.2 Å². The molecular formula is C13H12N2O. The lowest BCUT2D eigenvalue weighted by molar-refractivity contribution is 0.430. The fourth-order valence-corrected chi connectivity index (χ4v) is 1.50. The van der Waals surface area contributed by atoms with Gasteiger partial charge in [-0.15, -0.1) is 0 Å². The van der Waals surface area contributed by atoms with Crippen LogP contribution in [-0.4, -0.2) is 5.16 Å². The molecule has 0 amide bonds. The van der Waals surface area contributed by atoms with E-state index in [9.17, 15) is 0 Å². The maximum Gasteiger partial charge on any atom is 0.184 e. The number of rotatable bonds is 2. The number of benzene rings is 1. The van der Waals surface area contributed by atoms with E-state index in [1.165, 1.54) is 5.56 Å². The van der Waals surface area contributed by atoms with Crippen LogP contribution < -0.4 is 0 Å². The first-order valence-corrected chi connectivity index (χ1v) is 5.18. The molecule has 0 radical (unpaired) electrons. The molecule has 0 saturated carbocycles. The minimum Gasteiger partial charge on any atom is -0.355 e. The van der Waals surface area contributed by atoms with Gasteiger partial charge in [0.15, 0.2) is 11.5 Å². The van der Waals surface area contributed by atoms with E-state index < -0.39 is 0 Å². The van der Waals surface area contributed by atoms with E-state index in [4.69, 9.17) is 9.78 Å². The van der Waals surface area contributed by atoms with E-state index in [1.54, 1.807) is 6.07 Å². The second-order valence-corrected chi connectivity index (χ2v) is 3.96. The van der Waals surface area contributed by atoms with Gasteiger partial charge in [0.25, 0.3) is 0 Å². The number of aromatic nitrogens is 1. The third kappa shape index (κ3) is 1.96. The summed E-state index contributed by atoms with van der Waals surface area (Å²) in [6, 6.07) is 11.7. The molecule has 16 heavy (non-hydrogen) atoms. The lowest BCUT2D eigenvalue weighted by atomic mass is 10.0. The Morgan fingerprint density at radius 2 is 1.94 bits per heavy atom. The molecule has 0 aliphatic carbocycles. The van der Waals surface area contributed by atoms with Crippen molar-refractivity contribution in [3.63, 3.8) is 0 Å². The van der Waals surface area contributed by atoms with Gasteiger partial charge in [-0.2, -0.15) is 5.26 Å². The molecule has 3 heteroatoms. The Morgan fingerprint density at radius 1 is 1.25 bits per heavy atom. The van der Waals surface area contributed by atoms with Crippen LogP contribution in [0.4, 0.5) is 0 Å². The minimum absolute atomic E-state index is 0.308. The van der Waals surface area contributed by atoms with E-state index in [2.05, 4.69) is 31.1 Å². The summed E-state index contributed by atoms with van der Waals surface area (Å²) in [7, 11) is 0. The average molecular weight is 212 g/mol. The van der Waals surface area contributed by atoms with Crippen LogP contribution in [0.3, 0.4) is 0 Å². The van der Waals surface area contributed by atoms with Crippen LogP contribution >= 0.6 is 0 Å². The molecule has 0 N–H and O–H groups in total. The summed E-state index contributed by atoms with van der Waals surface area (Å²) >= 11 is 0. The largest absolute Gasteiger partial charge is 0.355 e. The average Bonchev–Trinajstić information content (AvgIpc) is 2.77. The number of hydrogen-bond acceptors (Lipinski definition) is 3. The molecular weight excluding hydrogens is 200 g/mol. The maximum absolute atomic E-state index is 8.64. The SMILES string of the molecule is CC(C)c1ccc(-c2cc(C#N)no2)cc1. The quantitative estimate of drug-likeness (QED) is 0.767. The first-order valence-electron chi connectivity index (χ1n) is 5.18. The molecule has 0 unspecified atom stereocenters. The van der Waals surface area contributed by atoms with E-state index in [0.717, 1.165) is 5.56 Å². The minimum atomic E-state index is 0.308. The lowest BCUT2D eigenvalue weighted by Gasteiger charge is -2.04. The van der Waals surface area contributed by atoms with Gasteiger partial charge in [0.2, 0.25) is 0 Å². The van der Waals surface area contributed by atoms with Crippen molar-refractivity contribution in [2.24, 2.45) is 0 Å². The summed E-state index contributed by atoms with van der Waals surface area (Å²) in [6.45, 7) is 4.30. The Hall–Kier alpha value is -2.08. The molecule has 1 aromatic heterocycles. The highest BCUT2D eigenvalue weighted by Crippen LogP contribution is 2.23. The summed E-state index contributed by atoms with van der Waals surface area (Å²) in [6.07, 6.45) is 0. The van der Waals surface area contributed by atoms with Crippen molar-refractivity contribution in [3.8, 4) is 17.4 Å². The van der Waals surface area contributed by atoms with Gasteiger partial charge in [-0.25, -0.2) is 0 Å². The Labute approximate surface area is 94.3 Å². The van der Waals surface area contributed by atoms with Crippen LogP contribution in [-0.2, 0) is 0 Å². The molecule has 2 aromatic rings. The van der Waals surface area contributed by atoms with Gasteiger partial charge < -0.3 is 4.52 Å². The first kappa shape index (κ1) is 10.4. The van der Waals surface area contributed by atoms with Crippen LogP contribution in [0.2, 0.25) is 0 Å². The Morgan fingerprint density at radius 3 is 2.44 bits per heavy atom. The summed E-state index contributed by atoms with van der Waals surface area (Å²) < 4.78 is 5.07. The molecule has 0 spiro atoms. The van der Waals surface area contributed by atoms with Gasteiger partial charge in [-0.05, 0) is 11.5 Å². The summed E-state index contributed by atoms with van der Waals surface area (Å²) in [5.41, 5.74) is 2.53. The van der Waals surface area contributed by atoms with E-state index in [0.29, 0.717) is 17.4 Å². The molecule has 0 saturated heterocycles. The zero-order valence-electron chi connectivity index (χ0n) is 9.27. The molecule has 0 aliphatic heterocycles. The highest BCUT2D eigenvalue weighted by molar-refractivity contribution is 5.58. The first-order chi connectivity index (χ1) is 7.70. The standard InChI is InChI=1S/C13H12N2O/c1-9(2)10-3-5-11(6-4-10)13-7-12(8-14)15-16-13/h3-7,9H,1-2H3. The van der Waals surface area contributed by atoms with Crippen LogP contribution in [0.25, 0.3) is 11.3 Å². The van der Waals surface area contributed by atoms with Crippen LogP contribution in [0.5, 0.6) is 0 Å². The van der Waals surface area contributed by atoms with E-state index in [-0.39, 0.29) is 0 Å². The molecule has 0 bridgehead atoms. The predicted molar refractivity (Wildman–Crippen MR) is 60.7 cm³/mol. The fourth-order valence-electron chi connectivity index (χ4n) is 1.50.